The fourth-order valence-corrected chi connectivity index (χ4v) is 6.21. The Morgan fingerprint density at radius 2 is 1.73 bits per heavy atom. The van der Waals surface area contributed by atoms with Crippen LogP contribution < -0.4 is 10.2 Å². The Morgan fingerprint density at radius 1 is 1.08 bits per heavy atom. The Hall–Kier alpha value is -5.75. The summed E-state index contributed by atoms with van der Waals surface area (Å²) in [6, 6.07) is 16.7. The van der Waals surface area contributed by atoms with Crippen molar-refractivity contribution >= 4 is 24.1 Å². The van der Waals surface area contributed by atoms with Gasteiger partial charge in [0.15, 0.2) is 6.19 Å². The van der Waals surface area contributed by atoms with Gasteiger partial charge in [-0.3, -0.25) is 19.3 Å². The number of amides is 2. The highest BCUT2D eigenvalue weighted by Gasteiger charge is 2.47. The molecule has 2 N–H and O–H groups in total. The van der Waals surface area contributed by atoms with Crippen LogP contribution in [0.2, 0.25) is 0 Å². The smallest absolute Gasteiger partial charge is 0.416 e. The van der Waals surface area contributed by atoms with E-state index in [1.807, 2.05) is 56.3 Å². The lowest BCUT2D eigenvalue weighted by Gasteiger charge is -2.39. The molecule has 3 aromatic carbocycles. The Bertz CT molecular complexity index is 1890. The third-order valence-electron chi connectivity index (χ3n) is 8.64. The molecule has 0 bridgehead atoms. The van der Waals surface area contributed by atoms with Gasteiger partial charge in [0.2, 0.25) is 0 Å². The van der Waals surface area contributed by atoms with E-state index in [0.717, 1.165) is 24.7 Å². The third kappa shape index (κ3) is 8.57. The summed E-state index contributed by atoms with van der Waals surface area (Å²) in [5.41, 5.74) is 0.825. The fraction of sp³-hybridized carbons (Fsp3) is 0.324. The first kappa shape index (κ1) is 39.0. The lowest BCUT2D eigenvalue weighted by atomic mass is 9.80. The van der Waals surface area contributed by atoms with Gasteiger partial charge in [-0.05, 0) is 88.9 Å². The van der Waals surface area contributed by atoms with Crippen LogP contribution in [0.3, 0.4) is 0 Å². The minimum atomic E-state index is -4.68. The number of carbonyl (C=O) groups is 3. The standard InChI is InChI=1S/C36H37F4N7O2.CH2O2/c1-5-46-34-30(31(43-47(34)28-13-7-6-8-14-28)23(2)45(22-41)20-10-19-44(3)4)29(24-15-17-27(37)18-16-24)32(35(46)49)42-33(48)25-11-9-12-26(21-25)36(38,39)40;2-1-3/h6-9,11-18,21,23,29,32H,5,10,19-20H2,1-4H3,(H,42,48);1H,(H,2,3)/t23-,29+,32-;/m1./s1. The van der Waals surface area contributed by atoms with E-state index in [1.165, 1.54) is 35.2 Å². The predicted octanol–water partition coefficient (Wildman–Crippen LogP) is 5.82. The number of aromatic nitrogens is 2. The highest BCUT2D eigenvalue weighted by atomic mass is 19.4. The van der Waals surface area contributed by atoms with Gasteiger partial charge in [0.05, 0.1) is 23.0 Å². The van der Waals surface area contributed by atoms with Gasteiger partial charge in [-0.1, -0.05) is 36.4 Å². The molecule has 15 heteroatoms. The minimum absolute atomic E-state index is 0.162. The number of nitrogens with zero attached hydrogens (tertiary/aromatic N) is 6. The minimum Gasteiger partial charge on any atom is -0.483 e. The molecular formula is C37H39F4N7O4. The molecule has 0 fully saturated rings. The average molecular weight is 722 g/mol. The molecule has 1 aliphatic heterocycles. The van der Waals surface area contributed by atoms with Gasteiger partial charge in [0.1, 0.15) is 17.7 Å². The maximum atomic E-state index is 14.5. The summed E-state index contributed by atoms with van der Waals surface area (Å²) >= 11 is 0. The number of nitriles is 1. The van der Waals surface area contributed by atoms with Crippen LogP contribution in [0.5, 0.6) is 0 Å². The van der Waals surface area contributed by atoms with Gasteiger partial charge in [0.25, 0.3) is 18.3 Å². The number of halogens is 4. The zero-order valence-corrected chi connectivity index (χ0v) is 29.0. The molecular weight excluding hydrogens is 682 g/mol. The van der Waals surface area contributed by atoms with Gasteiger partial charge in [-0.15, -0.1) is 0 Å². The number of para-hydroxylation sites is 1. The highest BCUT2D eigenvalue weighted by Crippen LogP contribution is 2.46. The number of hydrogen-bond donors (Lipinski definition) is 2. The Balaban J connectivity index is 0.00000195. The molecule has 0 saturated heterocycles. The van der Waals surface area contributed by atoms with Crippen LogP contribution in [-0.4, -0.2) is 82.7 Å². The first-order chi connectivity index (χ1) is 24.8. The average Bonchev–Trinajstić information content (AvgIpc) is 3.51. The largest absolute Gasteiger partial charge is 0.483 e. The fourth-order valence-electron chi connectivity index (χ4n) is 6.21. The SMILES string of the molecule is CCN1C(=O)[C@H](NC(=O)c2cccc(C(F)(F)F)c2)[C@@H](c2ccc(F)cc2)c2c([C@@H](C)N(C#N)CCCN(C)C)nn(-c3ccccc3)c21.O=CO. The molecule has 2 amide bonds. The molecule has 2 heterocycles. The molecule has 3 atom stereocenters. The molecule has 274 valence electrons. The van der Waals surface area contributed by atoms with Crippen molar-refractivity contribution < 1.29 is 37.1 Å². The maximum Gasteiger partial charge on any atom is 0.416 e. The Labute approximate surface area is 298 Å². The van der Waals surface area contributed by atoms with E-state index in [1.54, 1.807) is 16.5 Å². The number of alkyl halides is 3. The molecule has 1 aliphatic rings. The summed E-state index contributed by atoms with van der Waals surface area (Å²) < 4.78 is 56.5. The number of likely N-dealkylation sites (N-methyl/N-ethyl adjacent to an activating group) is 1. The van der Waals surface area contributed by atoms with Gasteiger partial charge in [-0.25, -0.2) is 9.07 Å². The summed E-state index contributed by atoms with van der Waals surface area (Å²) in [6.45, 7) is 4.66. The van der Waals surface area contributed by atoms with Crippen LogP contribution in [0.25, 0.3) is 5.69 Å². The van der Waals surface area contributed by atoms with Gasteiger partial charge < -0.3 is 20.2 Å². The van der Waals surface area contributed by atoms with E-state index < -0.39 is 47.4 Å². The highest BCUT2D eigenvalue weighted by molar-refractivity contribution is 6.05. The van der Waals surface area contributed by atoms with Crippen LogP contribution in [0.4, 0.5) is 23.4 Å². The lowest BCUT2D eigenvalue weighted by molar-refractivity contribution is -0.137. The maximum absolute atomic E-state index is 14.5. The van der Waals surface area contributed by atoms with Crippen LogP contribution in [0, 0.1) is 17.3 Å². The molecule has 0 saturated carbocycles. The second kappa shape index (κ2) is 17.0. The molecule has 0 aliphatic carbocycles. The number of benzene rings is 3. The molecule has 4 aromatic rings. The monoisotopic (exact) mass is 721 g/mol. The second-order valence-electron chi connectivity index (χ2n) is 12.2. The van der Waals surface area contributed by atoms with Gasteiger partial charge >= 0.3 is 6.18 Å². The van der Waals surface area contributed by atoms with Crippen LogP contribution in [0.15, 0.2) is 78.9 Å². The van der Waals surface area contributed by atoms with Crippen molar-refractivity contribution in [1.29, 1.82) is 5.26 Å². The lowest BCUT2D eigenvalue weighted by Crippen LogP contribution is -2.55. The van der Waals surface area contributed by atoms with Gasteiger partial charge in [0, 0.05) is 30.1 Å². The quantitative estimate of drug-likeness (QED) is 0.0857. The third-order valence-corrected chi connectivity index (χ3v) is 8.64. The van der Waals surface area contributed by atoms with Crippen molar-refractivity contribution in [1.82, 2.24) is 24.9 Å². The van der Waals surface area contributed by atoms with E-state index in [0.29, 0.717) is 41.3 Å². The number of hydrogen-bond acceptors (Lipinski definition) is 7. The summed E-state index contributed by atoms with van der Waals surface area (Å²) in [7, 11) is 3.88. The van der Waals surface area contributed by atoms with E-state index in [4.69, 9.17) is 15.0 Å². The van der Waals surface area contributed by atoms with E-state index in [9.17, 15) is 32.4 Å². The van der Waals surface area contributed by atoms with Gasteiger partial charge in [-0.2, -0.15) is 23.5 Å². The number of fused-ring (bicyclic) bond motifs is 1. The summed E-state index contributed by atoms with van der Waals surface area (Å²) in [5.74, 6) is -2.45. The van der Waals surface area contributed by atoms with Crippen molar-refractivity contribution in [3.05, 3.63) is 113 Å². The van der Waals surface area contributed by atoms with Crippen molar-refractivity contribution in [2.75, 3.05) is 38.6 Å². The topological polar surface area (TPSA) is 135 Å². The summed E-state index contributed by atoms with van der Waals surface area (Å²) in [6.07, 6.45) is -1.72. The van der Waals surface area contributed by atoms with Crippen LogP contribution in [-0.2, 0) is 15.8 Å². The normalized spacial score (nSPS) is 15.9. The molecule has 52 heavy (non-hydrogen) atoms. The number of carboxylic acid groups (broad SMARTS) is 1. The molecule has 0 spiro atoms. The number of nitrogens with one attached hydrogen (secondary N) is 1. The number of rotatable bonds is 11. The molecule has 11 nitrogen and oxygen atoms in total. The zero-order chi connectivity index (χ0) is 38.2. The first-order valence-corrected chi connectivity index (χ1v) is 16.4. The number of carbonyl (C=O) groups excluding carboxylic acids is 2. The predicted molar refractivity (Wildman–Crippen MR) is 185 cm³/mol. The van der Waals surface area contributed by atoms with E-state index >= 15 is 0 Å². The van der Waals surface area contributed by atoms with Crippen molar-refractivity contribution in [2.45, 2.75) is 44.4 Å². The molecule has 5 rings (SSSR count). The Morgan fingerprint density at radius 3 is 2.31 bits per heavy atom. The Kier molecular flexibility index (Phi) is 12.7. The van der Waals surface area contributed by atoms with Crippen molar-refractivity contribution in [3.63, 3.8) is 0 Å². The van der Waals surface area contributed by atoms with E-state index in [2.05, 4.69) is 11.5 Å². The zero-order valence-electron chi connectivity index (χ0n) is 29.0. The molecule has 1 aromatic heterocycles. The van der Waals surface area contributed by atoms with E-state index in [-0.39, 0.29) is 18.6 Å². The van der Waals surface area contributed by atoms with Crippen molar-refractivity contribution in [3.8, 4) is 11.9 Å². The van der Waals surface area contributed by atoms with Crippen LogP contribution >= 0.6 is 0 Å². The first-order valence-electron chi connectivity index (χ1n) is 16.4. The van der Waals surface area contributed by atoms with Crippen molar-refractivity contribution in [2.24, 2.45) is 0 Å². The second-order valence-corrected chi connectivity index (χ2v) is 12.2. The molecule has 0 unspecified atom stereocenters. The summed E-state index contributed by atoms with van der Waals surface area (Å²) in [5, 5.41) is 24.9. The summed E-state index contributed by atoms with van der Waals surface area (Å²) in [4.78, 5) is 41.6. The number of anilines is 1. The molecule has 0 radical (unpaired) electrons. The van der Waals surface area contributed by atoms with Crippen LogP contribution in [0.1, 0.15) is 65.0 Å².